The smallest absolute Gasteiger partial charge is 0.243 e. The lowest BCUT2D eigenvalue weighted by atomic mass is 10.3. The molecule has 1 aromatic carbocycles. The molecule has 1 saturated heterocycles. The molecule has 0 radical (unpaired) electrons. The first-order valence-corrected chi connectivity index (χ1v) is 8.37. The Morgan fingerprint density at radius 3 is 2.70 bits per heavy atom. The van der Waals surface area contributed by atoms with Crippen molar-refractivity contribution < 1.29 is 17.9 Å². The van der Waals surface area contributed by atoms with Crippen molar-refractivity contribution >= 4 is 21.6 Å². The predicted molar refractivity (Wildman–Crippen MR) is 76.8 cm³/mol. The average Bonchev–Trinajstić information content (AvgIpc) is 2.47. The van der Waals surface area contributed by atoms with Gasteiger partial charge in [0.1, 0.15) is 5.75 Å². The van der Waals surface area contributed by atoms with Crippen molar-refractivity contribution in [3.63, 3.8) is 0 Å². The molecule has 1 aromatic rings. The van der Waals surface area contributed by atoms with Gasteiger partial charge in [0.05, 0.1) is 29.7 Å². The SMILES string of the molecule is CCCOc1cc(S(=O)(=O)N2CCOCC2)ccc1Cl. The van der Waals surface area contributed by atoms with Crippen LogP contribution < -0.4 is 4.74 Å². The zero-order chi connectivity index (χ0) is 14.6. The second-order valence-electron chi connectivity index (χ2n) is 4.46. The van der Waals surface area contributed by atoms with Gasteiger partial charge in [-0.05, 0) is 18.6 Å². The maximum atomic E-state index is 12.5. The minimum absolute atomic E-state index is 0.204. The molecule has 112 valence electrons. The summed E-state index contributed by atoms with van der Waals surface area (Å²) in [6, 6.07) is 4.55. The van der Waals surface area contributed by atoms with Gasteiger partial charge in [-0.1, -0.05) is 18.5 Å². The summed E-state index contributed by atoms with van der Waals surface area (Å²) in [5.74, 6) is 0.405. The number of rotatable bonds is 5. The van der Waals surface area contributed by atoms with Crippen LogP contribution in [0.4, 0.5) is 0 Å². The quantitative estimate of drug-likeness (QED) is 0.834. The van der Waals surface area contributed by atoms with Crippen molar-refractivity contribution in [2.24, 2.45) is 0 Å². The highest BCUT2D eigenvalue weighted by molar-refractivity contribution is 7.89. The van der Waals surface area contributed by atoms with Crippen molar-refractivity contribution in [2.45, 2.75) is 18.2 Å². The number of nitrogens with zero attached hydrogens (tertiary/aromatic N) is 1. The summed E-state index contributed by atoms with van der Waals surface area (Å²) in [6.07, 6.45) is 0.830. The molecule has 20 heavy (non-hydrogen) atoms. The van der Waals surface area contributed by atoms with Gasteiger partial charge in [-0.3, -0.25) is 0 Å². The number of benzene rings is 1. The molecular formula is C13H18ClNO4S. The van der Waals surface area contributed by atoms with Crippen LogP contribution >= 0.6 is 11.6 Å². The molecule has 1 aliphatic heterocycles. The van der Waals surface area contributed by atoms with Crippen molar-refractivity contribution in [1.82, 2.24) is 4.31 Å². The summed E-state index contributed by atoms with van der Waals surface area (Å²) in [6.45, 7) is 4.06. The van der Waals surface area contributed by atoms with Crippen molar-refractivity contribution in [3.05, 3.63) is 23.2 Å². The van der Waals surface area contributed by atoms with E-state index < -0.39 is 10.0 Å². The van der Waals surface area contributed by atoms with Crippen molar-refractivity contribution in [3.8, 4) is 5.75 Å². The fourth-order valence-electron chi connectivity index (χ4n) is 1.90. The van der Waals surface area contributed by atoms with E-state index in [1.165, 1.54) is 16.4 Å². The number of hydrogen-bond donors (Lipinski definition) is 0. The third-order valence-corrected chi connectivity index (χ3v) is 5.18. The van der Waals surface area contributed by atoms with Gasteiger partial charge in [0.25, 0.3) is 0 Å². The molecule has 2 rings (SSSR count). The predicted octanol–water partition coefficient (Wildman–Crippen LogP) is 2.15. The van der Waals surface area contributed by atoms with Gasteiger partial charge in [0, 0.05) is 19.2 Å². The molecule has 0 aromatic heterocycles. The van der Waals surface area contributed by atoms with Gasteiger partial charge in [-0.25, -0.2) is 8.42 Å². The highest BCUT2D eigenvalue weighted by Crippen LogP contribution is 2.29. The lowest BCUT2D eigenvalue weighted by Gasteiger charge is -2.26. The first kappa shape index (κ1) is 15.6. The highest BCUT2D eigenvalue weighted by Gasteiger charge is 2.27. The number of morpholine rings is 1. The van der Waals surface area contributed by atoms with Gasteiger partial charge in [-0.15, -0.1) is 0 Å². The zero-order valence-corrected chi connectivity index (χ0v) is 12.9. The number of halogens is 1. The summed E-state index contributed by atoms with van der Waals surface area (Å²) in [5, 5.41) is 0.416. The van der Waals surface area contributed by atoms with Crippen LogP contribution in [0.1, 0.15) is 13.3 Å². The molecule has 1 aliphatic rings. The van der Waals surface area contributed by atoms with Crippen LogP contribution in [0.5, 0.6) is 5.75 Å². The molecule has 5 nitrogen and oxygen atoms in total. The van der Waals surface area contributed by atoms with Gasteiger partial charge < -0.3 is 9.47 Å². The Bertz CT molecular complexity index is 555. The van der Waals surface area contributed by atoms with Gasteiger partial charge in [-0.2, -0.15) is 4.31 Å². The molecule has 7 heteroatoms. The van der Waals surface area contributed by atoms with Gasteiger partial charge >= 0.3 is 0 Å². The summed E-state index contributed by atoms with van der Waals surface area (Å²) in [5.41, 5.74) is 0. The summed E-state index contributed by atoms with van der Waals surface area (Å²) in [4.78, 5) is 0.204. The molecule has 0 unspecified atom stereocenters. The Morgan fingerprint density at radius 2 is 2.05 bits per heavy atom. The average molecular weight is 320 g/mol. The van der Waals surface area contributed by atoms with Crippen LogP contribution in [0, 0.1) is 0 Å². The largest absolute Gasteiger partial charge is 0.492 e. The fraction of sp³-hybridized carbons (Fsp3) is 0.538. The molecule has 0 atom stereocenters. The molecule has 0 saturated carbocycles. The minimum atomic E-state index is -3.51. The third-order valence-electron chi connectivity index (χ3n) is 2.97. The van der Waals surface area contributed by atoms with E-state index in [-0.39, 0.29) is 4.90 Å². The van der Waals surface area contributed by atoms with E-state index in [1.54, 1.807) is 6.07 Å². The van der Waals surface area contributed by atoms with Gasteiger partial charge in [0.2, 0.25) is 10.0 Å². The van der Waals surface area contributed by atoms with E-state index in [9.17, 15) is 8.42 Å². The third kappa shape index (κ3) is 3.44. The van der Waals surface area contributed by atoms with Crippen molar-refractivity contribution in [2.75, 3.05) is 32.9 Å². The van der Waals surface area contributed by atoms with Gasteiger partial charge in [0.15, 0.2) is 0 Å². The number of hydrogen-bond acceptors (Lipinski definition) is 4. The van der Waals surface area contributed by atoms with E-state index in [1.807, 2.05) is 6.92 Å². The minimum Gasteiger partial charge on any atom is -0.492 e. The van der Waals surface area contributed by atoms with Crippen molar-refractivity contribution in [1.29, 1.82) is 0 Å². The Morgan fingerprint density at radius 1 is 1.35 bits per heavy atom. The van der Waals surface area contributed by atoms with Crippen LogP contribution in [0.2, 0.25) is 5.02 Å². The lowest BCUT2D eigenvalue weighted by Crippen LogP contribution is -2.40. The standard InChI is InChI=1S/C13H18ClNO4S/c1-2-7-19-13-10-11(3-4-12(13)14)20(16,17)15-5-8-18-9-6-15/h3-4,10H,2,5-9H2,1H3. The Labute approximate surface area is 124 Å². The number of sulfonamides is 1. The Kier molecular flexibility index (Phi) is 5.26. The summed E-state index contributed by atoms with van der Waals surface area (Å²) < 4.78 is 37.1. The lowest BCUT2D eigenvalue weighted by molar-refractivity contribution is 0.0730. The van der Waals surface area contributed by atoms with E-state index in [0.29, 0.717) is 43.7 Å². The topological polar surface area (TPSA) is 55.8 Å². The molecule has 0 bridgehead atoms. The van der Waals surface area contributed by atoms with Crippen LogP contribution in [0.25, 0.3) is 0 Å². The van der Waals surface area contributed by atoms with Crippen LogP contribution in [0.15, 0.2) is 23.1 Å². The zero-order valence-electron chi connectivity index (χ0n) is 11.3. The van der Waals surface area contributed by atoms with Crippen LogP contribution in [0.3, 0.4) is 0 Å². The summed E-state index contributed by atoms with van der Waals surface area (Å²) >= 11 is 6.01. The van der Waals surface area contributed by atoms with Crippen LogP contribution in [-0.4, -0.2) is 45.6 Å². The first-order chi connectivity index (χ1) is 9.55. The maximum Gasteiger partial charge on any atom is 0.243 e. The fourth-order valence-corrected chi connectivity index (χ4v) is 3.50. The molecule has 0 aliphatic carbocycles. The normalized spacial score (nSPS) is 17.1. The van der Waals surface area contributed by atoms with E-state index in [4.69, 9.17) is 21.1 Å². The van der Waals surface area contributed by atoms with E-state index in [2.05, 4.69) is 0 Å². The molecule has 0 N–H and O–H groups in total. The Balaban J connectivity index is 2.26. The second kappa shape index (κ2) is 6.76. The van der Waals surface area contributed by atoms with E-state index in [0.717, 1.165) is 6.42 Å². The number of ether oxygens (including phenoxy) is 2. The van der Waals surface area contributed by atoms with Crippen LogP contribution in [-0.2, 0) is 14.8 Å². The summed E-state index contributed by atoms with van der Waals surface area (Å²) in [7, 11) is -3.51. The second-order valence-corrected chi connectivity index (χ2v) is 6.80. The Hall–Kier alpha value is -0.820. The van der Waals surface area contributed by atoms with E-state index >= 15 is 0 Å². The first-order valence-electron chi connectivity index (χ1n) is 6.56. The molecule has 0 amide bonds. The molecular weight excluding hydrogens is 302 g/mol. The molecule has 1 fully saturated rings. The monoisotopic (exact) mass is 319 g/mol. The molecule has 0 spiro atoms. The maximum absolute atomic E-state index is 12.5. The molecule has 1 heterocycles. The highest BCUT2D eigenvalue weighted by atomic mass is 35.5.